The Balaban J connectivity index is 1.29. The first kappa shape index (κ1) is 24.9. The van der Waals surface area contributed by atoms with Crippen LogP contribution in [0.3, 0.4) is 0 Å². The van der Waals surface area contributed by atoms with Gasteiger partial charge in [0.25, 0.3) is 0 Å². The molecule has 3 aromatic heterocycles. The molecule has 0 atom stereocenters. The lowest BCUT2D eigenvalue weighted by molar-refractivity contribution is 0.240. The molecule has 1 aromatic carbocycles. The van der Waals surface area contributed by atoms with Gasteiger partial charge in [0.2, 0.25) is 0 Å². The molecule has 3 heterocycles. The van der Waals surface area contributed by atoms with E-state index in [1.807, 2.05) is 54.7 Å². The molecule has 2 amide bonds. The number of rotatable bonds is 7. The smallest absolute Gasteiger partial charge is 0.322 e. The summed E-state index contributed by atoms with van der Waals surface area (Å²) in [5, 5.41) is 19.7. The quantitative estimate of drug-likeness (QED) is 0.382. The van der Waals surface area contributed by atoms with Gasteiger partial charge in [0.1, 0.15) is 17.7 Å². The van der Waals surface area contributed by atoms with Gasteiger partial charge in [0.15, 0.2) is 0 Å². The van der Waals surface area contributed by atoms with Crippen molar-refractivity contribution in [1.29, 1.82) is 5.26 Å². The maximum Gasteiger partial charge on any atom is 0.322 e. The standard InChI is InChI=1S/C28H29N9O/c1-36-19-22(17-34-36)21-4-8-24(9-5-21)37(28(38)33-18-27-30-13-2-14-31-27)25-10-6-23(7-11-25)35-26-12-3-20(15-29)16-32-26/h2-5,8-9,12-14,16-17,19,23,25H,6-7,10-11,18H2,1H3,(H,32,35)(H,33,38)/t23-,25-. The number of anilines is 2. The summed E-state index contributed by atoms with van der Waals surface area (Å²) in [6, 6.07) is 15.6. The lowest BCUT2D eigenvalue weighted by atomic mass is 9.89. The Morgan fingerprint density at radius 2 is 1.79 bits per heavy atom. The number of aryl methyl sites for hydroxylation is 1. The van der Waals surface area contributed by atoms with Gasteiger partial charge in [-0.3, -0.25) is 9.58 Å². The highest BCUT2D eigenvalue weighted by molar-refractivity contribution is 5.93. The predicted octanol–water partition coefficient (Wildman–Crippen LogP) is 4.28. The maximum absolute atomic E-state index is 13.5. The van der Waals surface area contributed by atoms with Crippen molar-refractivity contribution >= 4 is 17.5 Å². The molecular weight excluding hydrogens is 478 g/mol. The number of urea groups is 1. The molecule has 1 fully saturated rings. The van der Waals surface area contributed by atoms with Crippen molar-refractivity contribution in [3.8, 4) is 17.2 Å². The SMILES string of the molecule is Cn1cc(-c2ccc(N(C(=O)NCc3ncccn3)[C@H]3CC[C@H](Nc4ccc(C#N)cn4)CC3)cc2)cn1. The normalized spacial score (nSPS) is 16.8. The molecule has 192 valence electrons. The molecule has 5 rings (SSSR count). The number of benzene rings is 1. The fourth-order valence-electron chi connectivity index (χ4n) is 4.77. The molecule has 0 aliphatic heterocycles. The van der Waals surface area contributed by atoms with Gasteiger partial charge >= 0.3 is 6.03 Å². The van der Waals surface area contributed by atoms with Crippen LogP contribution in [-0.2, 0) is 13.6 Å². The van der Waals surface area contributed by atoms with E-state index >= 15 is 0 Å². The summed E-state index contributed by atoms with van der Waals surface area (Å²) >= 11 is 0. The monoisotopic (exact) mass is 507 g/mol. The molecule has 4 aromatic rings. The molecule has 0 radical (unpaired) electrons. The second-order valence-corrected chi connectivity index (χ2v) is 9.34. The van der Waals surface area contributed by atoms with Gasteiger partial charge in [-0.15, -0.1) is 0 Å². The number of carbonyl (C=O) groups excluding carboxylic acids is 1. The van der Waals surface area contributed by atoms with Crippen molar-refractivity contribution in [2.24, 2.45) is 7.05 Å². The number of carbonyl (C=O) groups is 1. The van der Waals surface area contributed by atoms with Crippen LogP contribution in [0, 0.1) is 11.3 Å². The molecule has 0 saturated heterocycles. The minimum absolute atomic E-state index is 0.0444. The highest BCUT2D eigenvalue weighted by Gasteiger charge is 2.30. The fourth-order valence-corrected chi connectivity index (χ4v) is 4.77. The molecule has 10 heteroatoms. The number of amides is 2. The van der Waals surface area contributed by atoms with E-state index in [-0.39, 0.29) is 24.7 Å². The Kier molecular flexibility index (Phi) is 7.54. The van der Waals surface area contributed by atoms with Crippen molar-refractivity contribution < 1.29 is 4.79 Å². The number of aromatic nitrogens is 5. The number of nitriles is 1. The number of nitrogens with one attached hydrogen (secondary N) is 2. The highest BCUT2D eigenvalue weighted by Crippen LogP contribution is 2.31. The van der Waals surface area contributed by atoms with Crippen LogP contribution in [0.2, 0.25) is 0 Å². The molecule has 10 nitrogen and oxygen atoms in total. The van der Waals surface area contributed by atoms with Gasteiger partial charge < -0.3 is 10.6 Å². The summed E-state index contributed by atoms with van der Waals surface area (Å²) in [4.78, 5) is 28.1. The Morgan fingerprint density at radius 1 is 1.03 bits per heavy atom. The van der Waals surface area contributed by atoms with Crippen LogP contribution in [-0.4, -0.2) is 42.8 Å². The average molecular weight is 508 g/mol. The van der Waals surface area contributed by atoms with Crippen LogP contribution in [0.5, 0.6) is 0 Å². The molecule has 2 N–H and O–H groups in total. The molecule has 0 bridgehead atoms. The predicted molar refractivity (Wildman–Crippen MR) is 144 cm³/mol. The zero-order valence-electron chi connectivity index (χ0n) is 21.2. The third kappa shape index (κ3) is 5.95. The number of pyridine rings is 1. The summed E-state index contributed by atoms with van der Waals surface area (Å²) < 4.78 is 1.77. The van der Waals surface area contributed by atoms with Crippen LogP contribution < -0.4 is 15.5 Å². The Bertz CT molecular complexity index is 1390. The lowest BCUT2D eigenvalue weighted by Crippen LogP contribution is -2.48. The van der Waals surface area contributed by atoms with E-state index < -0.39 is 0 Å². The van der Waals surface area contributed by atoms with Crippen LogP contribution in [0.1, 0.15) is 37.1 Å². The first-order valence-corrected chi connectivity index (χ1v) is 12.6. The summed E-state index contributed by atoms with van der Waals surface area (Å²) in [6.07, 6.45) is 12.2. The van der Waals surface area contributed by atoms with Crippen molar-refractivity contribution in [2.75, 3.05) is 10.2 Å². The van der Waals surface area contributed by atoms with Gasteiger partial charge in [0, 0.05) is 55.2 Å². The van der Waals surface area contributed by atoms with Crippen molar-refractivity contribution in [1.82, 2.24) is 30.0 Å². The van der Waals surface area contributed by atoms with Gasteiger partial charge in [-0.2, -0.15) is 10.4 Å². The fraction of sp³-hybridized carbons (Fsp3) is 0.286. The van der Waals surface area contributed by atoms with Crippen molar-refractivity contribution in [3.63, 3.8) is 0 Å². The van der Waals surface area contributed by atoms with Crippen molar-refractivity contribution in [3.05, 3.63) is 84.8 Å². The van der Waals surface area contributed by atoms with E-state index in [0.29, 0.717) is 11.4 Å². The van der Waals surface area contributed by atoms with Crippen LogP contribution in [0.4, 0.5) is 16.3 Å². The Morgan fingerprint density at radius 3 is 2.42 bits per heavy atom. The van der Waals surface area contributed by atoms with E-state index in [1.54, 1.807) is 35.4 Å². The topological polar surface area (TPSA) is 125 Å². The lowest BCUT2D eigenvalue weighted by Gasteiger charge is -2.37. The highest BCUT2D eigenvalue weighted by atomic mass is 16.2. The third-order valence-electron chi connectivity index (χ3n) is 6.73. The number of hydrogen-bond donors (Lipinski definition) is 2. The van der Waals surface area contributed by atoms with Crippen LogP contribution >= 0.6 is 0 Å². The van der Waals surface area contributed by atoms with E-state index in [2.05, 4.69) is 36.8 Å². The van der Waals surface area contributed by atoms with E-state index in [4.69, 9.17) is 5.26 Å². The Hall–Kier alpha value is -4.78. The summed E-state index contributed by atoms with van der Waals surface area (Å²) in [5.74, 6) is 1.33. The molecule has 0 unspecified atom stereocenters. The summed E-state index contributed by atoms with van der Waals surface area (Å²) in [5.41, 5.74) is 3.45. The molecule has 1 aliphatic rings. The zero-order chi connectivity index (χ0) is 26.3. The molecule has 0 spiro atoms. The van der Waals surface area contributed by atoms with Crippen LogP contribution in [0.15, 0.2) is 73.4 Å². The van der Waals surface area contributed by atoms with Crippen LogP contribution in [0.25, 0.3) is 11.1 Å². The first-order chi connectivity index (χ1) is 18.6. The molecular formula is C28H29N9O. The van der Waals surface area contributed by atoms with Gasteiger partial charge in [-0.1, -0.05) is 12.1 Å². The maximum atomic E-state index is 13.5. The third-order valence-corrected chi connectivity index (χ3v) is 6.73. The number of hydrogen-bond acceptors (Lipinski definition) is 7. The average Bonchev–Trinajstić information content (AvgIpc) is 3.40. The second-order valence-electron chi connectivity index (χ2n) is 9.34. The first-order valence-electron chi connectivity index (χ1n) is 12.6. The Labute approximate surface area is 221 Å². The zero-order valence-corrected chi connectivity index (χ0v) is 21.2. The van der Waals surface area contributed by atoms with E-state index in [9.17, 15) is 4.79 Å². The second kappa shape index (κ2) is 11.5. The van der Waals surface area contributed by atoms with Gasteiger partial charge in [-0.25, -0.2) is 19.7 Å². The molecule has 1 saturated carbocycles. The van der Waals surface area contributed by atoms with Crippen molar-refractivity contribution in [2.45, 2.75) is 44.3 Å². The molecule has 1 aliphatic carbocycles. The van der Waals surface area contributed by atoms with Gasteiger partial charge in [0.05, 0.1) is 18.3 Å². The molecule has 38 heavy (non-hydrogen) atoms. The largest absolute Gasteiger partial charge is 0.367 e. The number of nitrogens with zero attached hydrogens (tertiary/aromatic N) is 7. The minimum atomic E-state index is -0.170. The minimum Gasteiger partial charge on any atom is -0.367 e. The van der Waals surface area contributed by atoms with E-state index in [1.165, 1.54) is 0 Å². The van der Waals surface area contributed by atoms with E-state index in [0.717, 1.165) is 48.3 Å². The summed E-state index contributed by atoms with van der Waals surface area (Å²) in [7, 11) is 1.89. The summed E-state index contributed by atoms with van der Waals surface area (Å²) in [6.45, 7) is 0.255. The van der Waals surface area contributed by atoms with Gasteiger partial charge in [-0.05, 0) is 61.6 Å².